The van der Waals surface area contributed by atoms with Crippen molar-refractivity contribution in [2.75, 3.05) is 14.1 Å². The van der Waals surface area contributed by atoms with E-state index < -0.39 is 24.2 Å². The first-order valence-corrected chi connectivity index (χ1v) is 10.0. The molecule has 0 aromatic heterocycles. The first-order chi connectivity index (χ1) is 13.6. The van der Waals surface area contributed by atoms with Crippen molar-refractivity contribution in [2.24, 2.45) is 11.8 Å². The number of amides is 2. The van der Waals surface area contributed by atoms with Gasteiger partial charge in [0.1, 0.15) is 12.1 Å². The molecule has 3 atom stereocenters. The zero-order valence-corrected chi connectivity index (χ0v) is 18.0. The van der Waals surface area contributed by atoms with Crippen molar-refractivity contribution in [2.45, 2.75) is 58.6 Å². The molecule has 0 aliphatic heterocycles. The molecule has 0 heterocycles. The second-order valence-electron chi connectivity index (χ2n) is 8.14. The minimum Gasteiger partial charge on any atom is -0.546 e. The number of carboxylic acid groups (broad SMARTS) is 1. The number of aryl methyl sites for hydroxylation is 1. The highest BCUT2D eigenvalue weighted by Gasteiger charge is 2.26. The number of carboxylic acids is 1. The lowest BCUT2D eigenvalue weighted by Gasteiger charge is -2.26. The fraction of sp³-hybridized carbons (Fsp3) is 0.591. The molecule has 0 saturated heterocycles. The number of ether oxygens (including phenoxy) is 1. The number of nitrogens with one attached hydrogen (secondary N) is 1. The Kier molecular flexibility index (Phi) is 10.2. The molecule has 0 bridgehead atoms. The number of likely N-dealkylation sites (N-methyl/N-ethyl adjacent to an activating group) is 1. The highest BCUT2D eigenvalue weighted by atomic mass is 16.6. The van der Waals surface area contributed by atoms with E-state index in [9.17, 15) is 19.5 Å². The number of carbonyl (C=O) groups excluding carboxylic acids is 3. The Morgan fingerprint density at radius 2 is 1.69 bits per heavy atom. The van der Waals surface area contributed by atoms with Crippen LogP contribution in [0.5, 0.6) is 0 Å². The summed E-state index contributed by atoms with van der Waals surface area (Å²) in [7, 11) is 3.20. The lowest BCUT2D eigenvalue weighted by atomic mass is 9.95. The molecule has 0 fully saturated rings. The van der Waals surface area contributed by atoms with Gasteiger partial charge >= 0.3 is 6.09 Å². The Morgan fingerprint density at radius 3 is 2.21 bits per heavy atom. The van der Waals surface area contributed by atoms with Crippen molar-refractivity contribution in [1.82, 2.24) is 10.2 Å². The molecule has 0 radical (unpaired) electrons. The van der Waals surface area contributed by atoms with Gasteiger partial charge in [0.2, 0.25) is 5.91 Å². The van der Waals surface area contributed by atoms with Gasteiger partial charge in [-0.3, -0.25) is 4.79 Å². The molecule has 7 nitrogen and oxygen atoms in total. The predicted octanol–water partition coefficient (Wildman–Crippen LogP) is 1.99. The molecular weight excluding hydrogens is 372 g/mol. The summed E-state index contributed by atoms with van der Waals surface area (Å²) in [5, 5.41) is 14.0. The minimum atomic E-state index is -1.44. The Morgan fingerprint density at radius 1 is 1.07 bits per heavy atom. The number of carbonyl (C=O) groups is 3. The Labute approximate surface area is 173 Å². The summed E-state index contributed by atoms with van der Waals surface area (Å²) in [6.45, 7) is 5.78. The highest BCUT2D eigenvalue weighted by molar-refractivity contribution is 5.86. The molecule has 7 heteroatoms. The molecule has 0 saturated carbocycles. The van der Waals surface area contributed by atoms with Crippen molar-refractivity contribution < 1.29 is 24.2 Å². The Hall–Kier alpha value is -2.57. The van der Waals surface area contributed by atoms with E-state index in [-0.39, 0.29) is 24.2 Å². The molecule has 0 spiro atoms. The van der Waals surface area contributed by atoms with Gasteiger partial charge < -0.3 is 24.9 Å². The lowest BCUT2D eigenvalue weighted by molar-refractivity contribution is -0.315. The molecule has 1 aromatic rings. The second-order valence-corrected chi connectivity index (χ2v) is 8.14. The molecule has 0 aliphatic rings. The molecule has 0 aliphatic carbocycles. The van der Waals surface area contributed by atoms with Gasteiger partial charge in [0, 0.05) is 14.1 Å². The van der Waals surface area contributed by atoms with Crippen LogP contribution in [0.2, 0.25) is 0 Å². The van der Waals surface area contributed by atoms with Crippen LogP contribution in [0.3, 0.4) is 0 Å². The summed E-state index contributed by atoms with van der Waals surface area (Å²) in [4.78, 5) is 37.3. The number of nitrogens with zero attached hydrogens (tertiary/aromatic N) is 1. The van der Waals surface area contributed by atoms with Gasteiger partial charge in [-0.15, -0.1) is 0 Å². The number of alkyl carbamates (subject to hydrolysis) is 1. The number of hydrogen-bond acceptors (Lipinski definition) is 5. The van der Waals surface area contributed by atoms with Crippen LogP contribution < -0.4 is 10.4 Å². The van der Waals surface area contributed by atoms with Crippen LogP contribution in [-0.4, -0.2) is 49.1 Å². The van der Waals surface area contributed by atoms with Crippen LogP contribution in [-0.2, 0) is 20.7 Å². The van der Waals surface area contributed by atoms with Gasteiger partial charge in [-0.1, -0.05) is 51.1 Å². The molecule has 2 amide bonds. The van der Waals surface area contributed by atoms with E-state index in [0.29, 0.717) is 6.42 Å². The quantitative estimate of drug-likeness (QED) is 0.607. The van der Waals surface area contributed by atoms with Crippen molar-refractivity contribution in [3.8, 4) is 0 Å². The number of aliphatic carboxylic acids is 1. The zero-order chi connectivity index (χ0) is 22.0. The SMILES string of the molecule is CC(C)CC(NC(=O)OC(CC(C)CCc1ccccc1)C(=O)[O-])C(=O)N(C)C. The van der Waals surface area contributed by atoms with E-state index >= 15 is 0 Å². The summed E-state index contributed by atoms with van der Waals surface area (Å²) >= 11 is 0. The van der Waals surface area contributed by atoms with Gasteiger partial charge in [-0.2, -0.15) is 0 Å². The van der Waals surface area contributed by atoms with Crippen LogP contribution in [0.1, 0.15) is 45.6 Å². The van der Waals surface area contributed by atoms with Gasteiger partial charge in [0.15, 0.2) is 0 Å². The smallest absolute Gasteiger partial charge is 0.408 e. The van der Waals surface area contributed by atoms with Crippen LogP contribution in [0, 0.1) is 11.8 Å². The van der Waals surface area contributed by atoms with Crippen molar-refractivity contribution in [1.29, 1.82) is 0 Å². The summed E-state index contributed by atoms with van der Waals surface area (Å²) in [5.41, 5.74) is 1.17. The molecule has 1 aromatic carbocycles. The third-order valence-electron chi connectivity index (χ3n) is 4.64. The normalized spacial score (nSPS) is 14.0. The largest absolute Gasteiger partial charge is 0.546 e. The number of benzene rings is 1. The molecule has 162 valence electrons. The van der Waals surface area contributed by atoms with Crippen molar-refractivity contribution in [3.63, 3.8) is 0 Å². The number of rotatable bonds is 11. The van der Waals surface area contributed by atoms with Crippen LogP contribution in [0.25, 0.3) is 0 Å². The monoisotopic (exact) mass is 405 g/mol. The van der Waals surface area contributed by atoms with Crippen molar-refractivity contribution >= 4 is 18.0 Å². The Balaban J connectivity index is 2.62. The zero-order valence-electron chi connectivity index (χ0n) is 18.0. The average molecular weight is 406 g/mol. The first kappa shape index (κ1) is 24.5. The highest BCUT2D eigenvalue weighted by Crippen LogP contribution is 2.17. The maximum absolute atomic E-state index is 12.3. The fourth-order valence-corrected chi connectivity index (χ4v) is 3.04. The average Bonchev–Trinajstić information content (AvgIpc) is 2.65. The van der Waals surface area contributed by atoms with Crippen molar-refractivity contribution in [3.05, 3.63) is 35.9 Å². The van der Waals surface area contributed by atoms with Crippen LogP contribution in [0.4, 0.5) is 4.79 Å². The van der Waals surface area contributed by atoms with E-state index in [0.717, 1.165) is 12.8 Å². The standard InChI is InChI=1S/C22H34N2O5/c1-15(2)13-18(20(25)24(4)5)23-22(28)29-19(21(26)27)14-16(3)11-12-17-9-7-6-8-10-17/h6-10,15-16,18-19H,11-14H2,1-5H3,(H,23,28)(H,26,27)/p-1. The first-order valence-electron chi connectivity index (χ1n) is 10.0. The van der Waals surface area contributed by atoms with Gasteiger partial charge in [-0.25, -0.2) is 4.79 Å². The van der Waals surface area contributed by atoms with E-state index in [4.69, 9.17) is 4.74 Å². The maximum Gasteiger partial charge on any atom is 0.408 e. The topological polar surface area (TPSA) is 98.8 Å². The third-order valence-corrected chi connectivity index (χ3v) is 4.64. The molecule has 1 N–H and O–H groups in total. The molecule has 3 unspecified atom stereocenters. The van der Waals surface area contributed by atoms with Gasteiger partial charge in [0.05, 0.1) is 5.97 Å². The summed E-state index contributed by atoms with van der Waals surface area (Å²) in [6, 6.07) is 9.13. The third kappa shape index (κ3) is 9.45. The molecule has 1 rings (SSSR count). The molecular formula is C22H33N2O5-. The van der Waals surface area contributed by atoms with Crippen LogP contribution >= 0.6 is 0 Å². The van der Waals surface area contributed by atoms with E-state index in [1.165, 1.54) is 10.5 Å². The molecule has 29 heavy (non-hydrogen) atoms. The van der Waals surface area contributed by atoms with E-state index in [1.807, 2.05) is 51.1 Å². The lowest BCUT2D eigenvalue weighted by Crippen LogP contribution is -2.49. The number of hydrogen-bond donors (Lipinski definition) is 1. The summed E-state index contributed by atoms with van der Waals surface area (Å²) < 4.78 is 5.09. The Bertz CT molecular complexity index is 660. The predicted molar refractivity (Wildman–Crippen MR) is 109 cm³/mol. The maximum atomic E-state index is 12.3. The van der Waals surface area contributed by atoms with Gasteiger partial charge in [0.25, 0.3) is 0 Å². The second kappa shape index (κ2) is 12.1. The summed E-state index contributed by atoms with van der Waals surface area (Å²) in [6.07, 6.45) is -0.144. The summed E-state index contributed by atoms with van der Waals surface area (Å²) in [5.74, 6) is -1.53. The van der Waals surface area contributed by atoms with E-state index in [2.05, 4.69) is 5.32 Å². The van der Waals surface area contributed by atoms with Gasteiger partial charge in [-0.05, 0) is 43.1 Å². The van der Waals surface area contributed by atoms with Crippen LogP contribution in [0.15, 0.2) is 30.3 Å². The minimum absolute atomic E-state index is 0.0146. The fourth-order valence-electron chi connectivity index (χ4n) is 3.04. The van der Waals surface area contributed by atoms with E-state index in [1.54, 1.807) is 14.1 Å².